The molecule has 0 radical (unpaired) electrons. The van der Waals surface area contributed by atoms with Gasteiger partial charge in [0.15, 0.2) is 0 Å². The molecule has 1 aromatic rings. The summed E-state index contributed by atoms with van der Waals surface area (Å²) in [4.78, 5) is 23.9. The van der Waals surface area contributed by atoms with E-state index in [0.29, 0.717) is 0 Å². The van der Waals surface area contributed by atoms with Gasteiger partial charge in [0.2, 0.25) is 11.1 Å². The number of thiazole rings is 1. The molecule has 0 unspecified atom stereocenters. The van der Waals surface area contributed by atoms with Crippen LogP contribution in [-0.4, -0.2) is 21.7 Å². The van der Waals surface area contributed by atoms with Gasteiger partial charge in [-0.2, -0.15) is 0 Å². The van der Waals surface area contributed by atoms with Crippen LogP contribution in [0.1, 0.15) is 0 Å². The van der Waals surface area contributed by atoms with Crippen molar-refractivity contribution in [3.63, 3.8) is 0 Å². The molecule has 0 spiro atoms. The van der Waals surface area contributed by atoms with Crippen molar-refractivity contribution in [3.05, 3.63) is 15.6 Å². The lowest BCUT2D eigenvalue weighted by atomic mass is 10.6. The molecule has 0 aliphatic heterocycles. The lowest BCUT2D eigenvalue weighted by Crippen LogP contribution is -2.18. The molecule has 76 valence electrons. The van der Waals surface area contributed by atoms with E-state index in [4.69, 9.17) is 23.4 Å². The first kappa shape index (κ1) is 11.2. The molecular weight excluding hydrogens is 253 g/mol. The average molecular weight is 256 g/mol. The highest BCUT2D eigenvalue weighted by atomic mass is 35.5. The molecule has 0 aromatic carbocycles. The Hall–Kier alpha value is -0.920. The van der Waals surface area contributed by atoms with E-state index in [9.17, 15) is 14.9 Å². The minimum atomic E-state index is -0.720. The number of aromatic nitrogens is 1. The molecule has 0 aliphatic rings. The molecule has 0 saturated heterocycles. The SMILES string of the molecule is O=C(Cl)CN(Cl)c1ncsc1[N+](=O)[O-]. The van der Waals surface area contributed by atoms with Crippen LogP contribution in [0.5, 0.6) is 0 Å². The van der Waals surface area contributed by atoms with Crippen molar-refractivity contribution >= 4 is 50.8 Å². The largest absolute Gasteiger partial charge is 0.369 e. The molecule has 0 aliphatic carbocycles. The Morgan fingerprint density at radius 3 is 2.93 bits per heavy atom. The van der Waals surface area contributed by atoms with E-state index >= 15 is 0 Å². The van der Waals surface area contributed by atoms with E-state index < -0.39 is 10.2 Å². The summed E-state index contributed by atoms with van der Waals surface area (Å²) in [7, 11) is 0. The molecule has 0 fully saturated rings. The minimum Gasteiger partial charge on any atom is -0.279 e. The van der Waals surface area contributed by atoms with Gasteiger partial charge in [-0.15, -0.1) is 0 Å². The molecular formula is C5H3Cl2N3O3S. The van der Waals surface area contributed by atoms with Gasteiger partial charge in [-0.25, -0.2) is 4.98 Å². The Kier molecular flexibility index (Phi) is 3.62. The van der Waals surface area contributed by atoms with Crippen LogP contribution < -0.4 is 4.42 Å². The Labute approximate surface area is 92.3 Å². The van der Waals surface area contributed by atoms with Crippen molar-refractivity contribution in [1.82, 2.24) is 4.98 Å². The lowest BCUT2D eigenvalue weighted by molar-refractivity contribution is -0.379. The van der Waals surface area contributed by atoms with Crippen LogP contribution in [0.3, 0.4) is 0 Å². The number of nitrogens with zero attached hydrogens (tertiary/aromatic N) is 3. The second-order valence-electron chi connectivity index (χ2n) is 2.11. The first-order valence-electron chi connectivity index (χ1n) is 3.22. The van der Waals surface area contributed by atoms with Gasteiger partial charge in [0, 0.05) is 11.8 Å². The van der Waals surface area contributed by atoms with E-state index in [1.54, 1.807) is 0 Å². The smallest absolute Gasteiger partial charge is 0.279 e. The molecule has 1 aromatic heterocycles. The molecule has 14 heavy (non-hydrogen) atoms. The number of rotatable bonds is 4. The van der Waals surface area contributed by atoms with Crippen molar-refractivity contribution < 1.29 is 9.72 Å². The van der Waals surface area contributed by atoms with Gasteiger partial charge in [-0.05, 0) is 22.9 Å². The Bertz CT molecular complexity index is 369. The quantitative estimate of drug-likeness (QED) is 0.355. The number of carbonyl (C=O) groups is 1. The number of nitro groups is 1. The molecule has 0 N–H and O–H groups in total. The predicted molar refractivity (Wildman–Crippen MR) is 52.8 cm³/mol. The van der Waals surface area contributed by atoms with Gasteiger partial charge in [0.05, 0.1) is 10.4 Å². The topological polar surface area (TPSA) is 76.3 Å². The summed E-state index contributed by atoms with van der Waals surface area (Å²) >= 11 is 11.4. The second-order valence-corrected chi connectivity index (χ2v) is 3.78. The fourth-order valence-corrected chi connectivity index (χ4v) is 1.78. The molecule has 0 saturated carbocycles. The van der Waals surface area contributed by atoms with Crippen molar-refractivity contribution in [3.8, 4) is 0 Å². The van der Waals surface area contributed by atoms with E-state index in [-0.39, 0.29) is 17.4 Å². The third kappa shape index (κ3) is 2.53. The second kappa shape index (κ2) is 4.54. The number of hydrogen-bond acceptors (Lipinski definition) is 6. The molecule has 9 heteroatoms. The van der Waals surface area contributed by atoms with Crippen LogP contribution in [0, 0.1) is 10.1 Å². The van der Waals surface area contributed by atoms with E-state index in [1.807, 2.05) is 0 Å². The van der Waals surface area contributed by atoms with Gasteiger partial charge < -0.3 is 0 Å². The van der Waals surface area contributed by atoms with Crippen LogP contribution in [0.25, 0.3) is 0 Å². The van der Waals surface area contributed by atoms with Crippen molar-refractivity contribution in [2.75, 3.05) is 11.0 Å². The Morgan fingerprint density at radius 1 is 1.79 bits per heavy atom. The van der Waals surface area contributed by atoms with Crippen molar-refractivity contribution in [2.45, 2.75) is 0 Å². The van der Waals surface area contributed by atoms with Gasteiger partial charge >= 0.3 is 5.00 Å². The zero-order valence-corrected chi connectivity index (χ0v) is 8.84. The number of halogens is 2. The number of carbonyl (C=O) groups excluding carboxylic acids is 1. The molecule has 1 heterocycles. The maximum absolute atomic E-state index is 10.5. The summed E-state index contributed by atoms with van der Waals surface area (Å²) in [5, 5.41) is 9.50. The number of anilines is 1. The fraction of sp³-hybridized carbons (Fsp3) is 0.200. The highest BCUT2D eigenvalue weighted by Gasteiger charge is 2.23. The third-order valence-corrected chi connectivity index (χ3v) is 2.35. The van der Waals surface area contributed by atoms with Crippen LogP contribution >= 0.6 is 34.7 Å². The van der Waals surface area contributed by atoms with Gasteiger partial charge in [-0.1, -0.05) is 0 Å². The third-order valence-electron chi connectivity index (χ3n) is 1.19. The van der Waals surface area contributed by atoms with Crippen LogP contribution in [0.4, 0.5) is 10.8 Å². The Morgan fingerprint density at radius 2 is 2.43 bits per heavy atom. The molecule has 1 rings (SSSR count). The zero-order chi connectivity index (χ0) is 10.7. The van der Waals surface area contributed by atoms with Crippen molar-refractivity contribution in [2.24, 2.45) is 0 Å². The van der Waals surface area contributed by atoms with Gasteiger partial charge in [0.1, 0.15) is 6.54 Å². The predicted octanol–water partition coefficient (Wildman–Crippen LogP) is 1.78. The van der Waals surface area contributed by atoms with Crippen LogP contribution in [0.2, 0.25) is 0 Å². The lowest BCUT2D eigenvalue weighted by Gasteiger charge is -2.07. The monoisotopic (exact) mass is 255 g/mol. The standard InChI is InChI=1S/C5H3Cl2N3O3S/c6-3(11)1-9(7)4-5(10(12)13)14-2-8-4/h2H,1H2. The van der Waals surface area contributed by atoms with E-state index in [2.05, 4.69) is 4.98 Å². The molecule has 0 amide bonds. The van der Waals surface area contributed by atoms with Crippen LogP contribution in [-0.2, 0) is 4.79 Å². The van der Waals surface area contributed by atoms with E-state index in [0.717, 1.165) is 15.8 Å². The molecule has 0 atom stereocenters. The minimum absolute atomic E-state index is 0.0735. The fourth-order valence-electron chi connectivity index (χ4n) is 0.709. The maximum atomic E-state index is 10.5. The van der Waals surface area contributed by atoms with Gasteiger partial charge in [0.25, 0.3) is 0 Å². The maximum Gasteiger partial charge on any atom is 0.369 e. The molecule has 0 bridgehead atoms. The zero-order valence-electron chi connectivity index (χ0n) is 6.52. The Balaban J connectivity index is 2.89. The summed E-state index contributed by atoms with van der Waals surface area (Å²) in [6.45, 7) is -0.340. The highest BCUT2D eigenvalue weighted by molar-refractivity contribution is 7.13. The molecule has 6 nitrogen and oxygen atoms in total. The normalized spacial score (nSPS) is 9.86. The average Bonchev–Trinajstić information content (AvgIpc) is 2.49. The summed E-state index contributed by atoms with van der Waals surface area (Å²) in [6, 6.07) is 0. The van der Waals surface area contributed by atoms with Gasteiger partial charge in [-0.3, -0.25) is 19.3 Å². The summed E-state index contributed by atoms with van der Waals surface area (Å²) < 4.78 is 0.809. The van der Waals surface area contributed by atoms with Crippen LogP contribution in [0.15, 0.2) is 5.51 Å². The number of hydrogen-bond donors (Lipinski definition) is 0. The highest BCUT2D eigenvalue weighted by Crippen LogP contribution is 2.31. The van der Waals surface area contributed by atoms with Crippen molar-refractivity contribution in [1.29, 1.82) is 0 Å². The summed E-state index contributed by atoms with van der Waals surface area (Å²) in [5.41, 5.74) is 1.27. The summed E-state index contributed by atoms with van der Waals surface area (Å²) in [6.07, 6.45) is 0. The first-order valence-corrected chi connectivity index (χ1v) is 4.81. The van der Waals surface area contributed by atoms with E-state index in [1.165, 1.54) is 5.51 Å². The first-order chi connectivity index (χ1) is 6.52. The summed E-state index contributed by atoms with van der Waals surface area (Å²) in [5.74, 6) is -0.0735.